The number of thiazole rings is 1. The molecular weight excluding hydrogens is 284 g/mol. The Morgan fingerprint density at radius 1 is 1.29 bits per heavy atom. The molecule has 2 rings (SSSR count). The second-order valence-corrected chi connectivity index (χ2v) is 6.30. The first-order valence-corrected chi connectivity index (χ1v) is 7.55. The van der Waals surface area contributed by atoms with Gasteiger partial charge in [-0.05, 0) is 30.2 Å². The molecule has 0 radical (unpaired) electrons. The van der Waals surface area contributed by atoms with E-state index in [-0.39, 0.29) is 11.8 Å². The first kappa shape index (κ1) is 15.5. The van der Waals surface area contributed by atoms with Crippen LogP contribution in [0, 0.1) is 0 Å². The average Bonchev–Trinajstić information content (AvgIpc) is 2.92. The Morgan fingerprint density at radius 3 is 2.38 bits per heavy atom. The third kappa shape index (κ3) is 3.22. The van der Waals surface area contributed by atoms with Crippen molar-refractivity contribution in [2.75, 3.05) is 19.0 Å². The van der Waals surface area contributed by atoms with Crippen LogP contribution in [0.15, 0.2) is 24.3 Å². The lowest BCUT2D eigenvalue weighted by atomic mass is 10.1. The fourth-order valence-electron chi connectivity index (χ4n) is 1.98. The molecule has 0 spiro atoms. The van der Waals surface area contributed by atoms with Crippen molar-refractivity contribution in [1.82, 2.24) is 10.4 Å². The SMILES string of the molecule is CC(C)c1nc(-c2ccc(N(C)C)cc2)sc1C(=O)NN. The number of hydrogen-bond acceptors (Lipinski definition) is 5. The van der Waals surface area contributed by atoms with E-state index >= 15 is 0 Å². The highest BCUT2D eigenvalue weighted by Gasteiger charge is 2.20. The third-order valence-electron chi connectivity index (χ3n) is 3.17. The summed E-state index contributed by atoms with van der Waals surface area (Å²) in [4.78, 5) is 19.1. The highest BCUT2D eigenvalue weighted by Crippen LogP contribution is 2.32. The maximum Gasteiger partial charge on any atom is 0.277 e. The van der Waals surface area contributed by atoms with Crippen LogP contribution in [0.2, 0.25) is 0 Å². The van der Waals surface area contributed by atoms with Crippen molar-refractivity contribution < 1.29 is 4.79 Å². The second kappa shape index (κ2) is 6.24. The zero-order valence-corrected chi connectivity index (χ0v) is 13.5. The number of nitrogens with zero attached hydrogens (tertiary/aromatic N) is 2. The van der Waals surface area contributed by atoms with Gasteiger partial charge in [0.05, 0.1) is 5.69 Å². The Balaban J connectivity index is 2.42. The number of carbonyl (C=O) groups is 1. The smallest absolute Gasteiger partial charge is 0.277 e. The van der Waals surface area contributed by atoms with Gasteiger partial charge in [0.1, 0.15) is 9.88 Å². The molecule has 1 aromatic carbocycles. The molecule has 0 bridgehead atoms. The third-order valence-corrected chi connectivity index (χ3v) is 4.29. The molecule has 0 unspecified atom stereocenters. The predicted octanol–water partition coefficient (Wildman–Crippen LogP) is 2.60. The van der Waals surface area contributed by atoms with Crippen LogP contribution in [0.25, 0.3) is 10.6 Å². The molecule has 0 aliphatic rings. The van der Waals surface area contributed by atoms with Crippen LogP contribution in [0.3, 0.4) is 0 Å². The number of benzene rings is 1. The molecule has 0 fully saturated rings. The number of rotatable bonds is 4. The van der Waals surface area contributed by atoms with E-state index in [1.807, 2.05) is 57.1 Å². The Labute approximate surface area is 128 Å². The maximum atomic E-state index is 11.9. The summed E-state index contributed by atoms with van der Waals surface area (Å²) in [6.07, 6.45) is 0. The lowest BCUT2D eigenvalue weighted by Gasteiger charge is -2.12. The highest BCUT2D eigenvalue weighted by molar-refractivity contribution is 7.17. The van der Waals surface area contributed by atoms with Crippen molar-refractivity contribution in [3.05, 3.63) is 34.8 Å². The zero-order chi connectivity index (χ0) is 15.6. The van der Waals surface area contributed by atoms with Gasteiger partial charge < -0.3 is 4.90 Å². The summed E-state index contributed by atoms with van der Waals surface area (Å²) in [7, 11) is 4.00. The molecule has 1 amide bonds. The van der Waals surface area contributed by atoms with E-state index in [1.165, 1.54) is 11.3 Å². The van der Waals surface area contributed by atoms with Gasteiger partial charge in [0.25, 0.3) is 5.91 Å². The number of nitrogens with one attached hydrogen (secondary N) is 1. The summed E-state index contributed by atoms with van der Waals surface area (Å²) in [5.74, 6) is 5.13. The van der Waals surface area contributed by atoms with Gasteiger partial charge in [-0.3, -0.25) is 10.2 Å². The molecule has 0 saturated carbocycles. The van der Waals surface area contributed by atoms with Crippen LogP contribution < -0.4 is 16.2 Å². The van der Waals surface area contributed by atoms with Gasteiger partial charge in [0.15, 0.2) is 0 Å². The summed E-state index contributed by atoms with van der Waals surface area (Å²) in [5, 5.41) is 0.836. The Morgan fingerprint density at radius 2 is 1.90 bits per heavy atom. The fraction of sp³-hybridized carbons (Fsp3) is 0.333. The van der Waals surface area contributed by atoms with Gasteiger partial charge in [-0.1, -0.05) is 13.8 Å². The number of hydrazine groups is 1. The Bertz CT molecular complexity index is 632. The molecule has 0 aliphatic carbocycles. The molecule has 1 aromatic heterocycles. The van der Waals surface area contributed by atoms with Gasteiger partial charge in [-0.25, -0.2) is 10.8 Å². The topological polar surface area (TPSA) is 71.2 Å². The van der Waals surface area contributed by atoms with Crippen molar-refractivity contribution >= 4 is 22.9 Å². The summed E-state index contributed by atoms with van der Waals surface area (Å²) in [5.41, 5.74) is 5.10. The molecule has 1 heterocycles. The van der Waals surface area contributed by atoms with E-state index in [9.17, 15) is 4.79 Å². The first-order valence-electron chi connectivity index (χ1n) is 6.73. The van der Waals surface area contributed by atoms with Crippen LogP contribution in [0.1, 0.15) is 35.1 Å². The van der Waals surface area contributed by atoms with E-state index < -0.39 is 0 Å². The average molecular weight is 304 g/mol. The number of nitrogens with two attached hydrogens (primary N) is 1. The molecule has 21 heavy (non-hydrogen) atoms. The fourth-order valence-corrected chi connectivity index (χ4v) is 3.11. The number of nitrogen functional groups attached to an aromatic ring is 1. The van der Waals surface area contributed by atoms with Crippen molar-refractivity contribution in [3.63, 3.8) is 0 Å². The van der Waals surface area contributed by atoms with Crippen molar-refractivity contribution in [1.29, 1.82) is 0 Å². The van der Waals surface area contributed by atoms with Gasteiger partial charge in [-0.15, -0.1) is 11.3 Å². The number of anilines is 1. The number of amides is 1. The molecule has 5 nitrogen and oxygen atoms in total. The van der Waals surface area contributed by atoms with Gasteiger partial charge in [-0.2, -0.15) is 0 Å². The molecule has 112 valence electrons. The quantitative estimate of drug-likeness (QED) is 0.517. The summed E-state index contributed by atoms with van der Waals surface area (Å²) < 4.78 is 0. The molecule has 0 atom stereocenters. The van der Waals surface area contributed by atoms with E-state index in [4.69, 9.17) is 5.84 Å². The van der Waals surface area contributed by atoms with Crippen LogP contribution in [-0.4, -0.2) is 25.0 Å². The second-order valence-electron chi connectivity index (χ2n) is 5.30. The predicted molar refractivity (Wildman–Crippen MR) is 87.6 cm³/mol. The number of hydrogen-bond donors (Lipinski definition) is 2. The normalized spacial score (nSPS) is 10.8. The molecule has 3 N–H and O–H groups in total. The molecule has 2 aromatic rings. The van der Waals surface area contributed by atoms with Gasteiger partial charge >= 0.3 is 0 Å². The van der Waals surface area contributed by atoms with Crippen molar-refractivity contribution in [2.45, 2.75) is 19.8 Å². The number of carbonyl (C=O) groups excluding carboxylic acids is 1. The first-order chi connectivity index (χ1) is 9.93. The summed E-state index contributed by atoms with van der Waals surface area (Å²) in [6, 6.07) is 8.10. The zero-order valence-electron chi connectivity index (χ0n) is 12.7. The van der Waals surface area contributed by atoms with E-state index in [1.54, 1.807) is 0 Å². The molecule has 0 saturated heterocycles. The minimum absolute atomic E-state index is 0.170. The van der Waals surface area contributed by atoms with E-state index in [0.717, 1.165) is 22.0 Å². The van der Waals surface area contributed by atoms with Crippen LogP contribution in [0.4, 0.5) is 5.69 Å². The lowest BCUT2D eigenvalue weighted by Crippen LogP contribution is -2.30. The Kier molecular flexibility index (Phi) is 4.59. The largest absolute Gasteiger partial charge is 0.378 e. The molecule has 6 heteroatoms. The summed E-state index contributed by atoms with van der Waals surface area (Å²) in [6.45, 7) is 4.03. The van der Waals surface area contributed by atoms with Crippen LogP contribution in [-0.2, 0) is 0 Å². The van der Waals surface area contributed by atoms with Crippen LogP contribution >= 0.6 is 11.3 Å². The monoisotopic (exact) mass is 304 g/mol. The minimum atomic E-state index is -0.285. The van der Waals surface area contributed by atoms with E-state index in [0.29, 0.717) is 4.88 Å². The lowest BCUT2D eigenvalue weighted by molar-refractivity contribution is 0.0956. The van der Waals surface area contributed by atoms with Gasteiger partial charge in [0, 0.05) is 25.3 Å². The molecule has 0 aliphatic heterocycles. The highest BCUT2D eigenvalue weighted by atomic mass is 32.1. The van der Waals surface area contributed by atoms with E-state index in [2.05, 4.69) is 10.4 Å². The summed E-state index contributed by atoms with van der Waals surface area (Å²) >= 11 is 1.37. The van der Waals surface area contributed by atoms with Crippen LogP contribution in [0.5, 0.6) is 0 Å². The number of aromatic nitrogens is 1. The minimum Gasteiger partial charge on any atom is -0.378 e. The molecular formula is C15H20N4OS. The maximum absolute atomic E-state index is 11.9. The van der Waals surface area contributed by atoms with Gasteiger partial charge in [0.2, 0.25) is 0 Å². The van der Waals surface area contributed by atoms with Crippen molar-refractivity contribution in [2.24, 2.45) is 5.84 Å². The van der Waals surface area contributed by atoms with Crippen molar-refractivity contribution in [3.8, 4) is 10.6 Å². The standard InChI is InChI=1S/C15H20N4OS/c1-9(2)12-13(14(20)18-16)21-15(17-12)10-5-7-11(8-6-10)19(3)4/h5-9H,16H2,1-4H3,(H,18,20). The Hall–Kier alpha value is -1.92.